The minimum atomic E-state index is -2.89. The van der Waals surface area contributed by atoms with Crippen LogP contribution in [0.5, 0.6) is 0 Å². The minimum Gasteiger partial charge on any atom is -0.309 e. The molecule has 0 spiro atoms. The average Bonchev–Trinajstić information content (AvgIpc) is 2.63. The van der Waals surface area contributed by atoms with Crippen molar-refractivity contribution >= 4 is 37.1 Å². The lowest BCUT2D eigenvalue weighted by atomic mass is 10.2. The van der Waals surface area contributed by atoms with Gasteiger partial charge in [-0.05, 0) is 41.4 Å². The topological polar surface area (TPSA) is 46.2 Å². The van der Waals surface area contributed by atoms with Crippen LogP contribution in [0.2, 0.25) is 0 Å². The summed E-state index contributed by atoms with van der Waals surface area (Å²) < 4.78 is 23.5. The van der Waals surface area contributed by atoms with Crippen LogP contribution in [0.1, 0.15) is 30.7 Å². The van der Waals surface area contributed by atoms with Crippen LogP contribution >= 0.6 is 27.3 Å². The Labute approximate surface area is 116 Å². The molecule has 1 aromatic heterocycles. The van der Waals surface area contributed by atoms with Crippen molar-refractivity contribution in [2.24, 2.45) is 0 Å². The van der Waals surface area contributed by atoms with E-state index in [-0.39, 0.29) is 11.8 Å². The molecule has 1 atom stereocenters. The first-order valence-electron chi connectivity index (χ1n) is 5.57. The van der Waals surface area contributed by atoms with Crippen molar-refractivity contribution in [3.63, 3.8) is 0 Å². The van der Waals surface area contributed by atoms with Crippen molar-refractivity contribution in [2.75, 3.05) is 18.6 Å². The van der Waals surface area contributed by atoms with E-state index in [0.29, 0.717) is 6.42 Å². The van der Waals surface area contributed by atoms with Crippen LogP contribution < -0.4 is 5.32 Å². The largest absolute Gasteiger partial charge is 0.309 e. The molecule has 0 aliphatic heterocycles. The summed E-state index contributed by atoms with van der Waals surface area (Å²) in [6.07, 6.45) is 2.96. The molecule has 3 nitrogen and oxygen atoms in total. The molecular formula is C11H18BrNO2S2. The molecule has 0 radical (unpaired) electrons. The van der Waals surface area contributed by atoms with E-state index in [1.807, 2.05) is 5.38 Å². The third-order valence-corrected chi connectivity index (χ3v) is 5.13. The van der Waals surface area contributed by atoms with Crippen LogP contribution in [0.3, 0.4) is 0 Å². The third-order valence-electron chi connectivity index (χ3n) is 2.35. The summed E-state index contributed by atoms with van der Waals surface area (Å²) in [4.78, 5) is 1.19. The van der Waals surface area contributed by atoms with Gasteiger partial charge in [0, 0.05) is 27.0 Å². The monoisotopic (exact) mass is 339 g/mol. The van der Waals surface area contributed by atoms with Crippen LogP contribution in [-0.4, -0.2) is 27.0 Å². The summed E-state index contributed by atoms with van der Waals surface area (Å²) in [6.45, 7) is 3.01. The number of hydrogen-bond acceptors (Lipinski definition) is 4. The zero-order valence-corrected chi connectivity index (χ0v) is 13.3. The molecule has 0 amide bonds. The van der Waals surface area contributed by atoms with Crippen molar-refractivity contribution in [1.29, 1.82) is 0 Å². The molecule has 1 aromatic rings. The van der Waals surface area contributed by atoms with Crippen molar-refractivity contribution in [3.8, 4) is 0 Å². The quantitative estimate of drug-likeness (QED) is 0.830. The van der Waals surface area contributed by atoms with Gasteiger partial charge >= 0.3 is 0 Å². The summed E-state index contributed by atoms with van der Waals surface area (Å²) in [5.74, 6) is 0.226. The third kappa shape index (κ3) is 5.99. The maximum atomic E-state index is 11.2. The Hall–Kier alpha value is 0.0900. The fourth-order valence-corrected chi connectivity index (χ4v) is 3.73. The molecule has 1 heterocycles. The Morgan fingerprint density at radius 2 is 2.24 bits per heavy atom. The summed E-state index contributed by atoms with van der Waals surface area (Å²) in [6, 6.07) is 2.20. The summed E-state index contributed by atoms with van der Waals surface area (Å²) >= 11 is 5.08. The van der Waals surface area contributed by atoms with Gasteiger partial charge in [0.2, 0.25) is 0 Å². The maximum absolute atomic E-state index is 11.2. The SMILES string of the molecule is CCCNC(CCS(C)(=O)=O)c1cc(Br)cs1. The number of rotatable bonds is 7. The van der Waals surface area contributed by atoms with E-state index in [0.717, 1.165) is 17.4 Å². The number of nitrogens with one attached hydrogen (secondary N) is 1. The maximum Gasteiger partial charge on any atom is 0.147 e. The second-order valence-corrected chi connectivity index (χ2v) is 8.21. The Balaban J connectivity index is 2.67. The van der Waals surface area contributed by atoms with E-state index >= 15 is 0 Å². The van der Waals surface area contributed by atoms with Gasteiger partial charge in [0.05, 0.1) is 5.75 Å². The smallest absolute Gasteiger partial charge is 0.147 e. The Morgan fingerprint density at radius 3 is 2.71 bits per heavy atom. The highest BCUT2D eigenvalue weighted by atomic mass is 79.9. The molecule has 1 rings (SSSR count). The van der Waals surface area contributed by atoms with E-state index in [9.17, 15) is 8.42 Å². The molecule has 6 heteroatoms. The van der Waals surface area contributed by atoms with Crippen molar-refractivity contribution in [1.82, 2.24) is 5.32 Å². The van der Waals surface area contributed by atoms with Gasteiger partial charge in [-0.1, -0.05) is 6.92 Å². The first kappa shape index (κ1) is 15.1. The molecule has 0 saturated heterocycles. The molecular weight excluding hydrogens is 322 g/mol. The highest BCUT2D eigenvalue weighted by Gasteiger charge is 2.15. The van der Waals surface area contributed by atoms with Gasteiger partial charge in [0.25, 0.3) is 0 Å². The number of halogens is 1. The van der Waals surface area contributed by atoms with Crippen molar-refractivity contribution in [3.05, 3.63) is 20.8 Å². The zero-order valence-electron chi connectivity index (χ0n) is 10.1. The van der Waals surface area contributed by atoms with E-state index in [1.54, 1.807) is 11.3 Å². The molecule has 17 heavy (non-hydrogen) atoms. The Morgan fingerprint density at radius 1 is 1.53 bits per heavy atom. The predicted molar refractivity (Wildman–Crippen MR) is 77.4 cm³/mol. The molecule has 0 aliphatic carbocycles. The molecule has 0 saturated carbocycles. The number of sulfone groups is 1. The molecule has 0 aliphatic rings. The van der Waals surface area contributed by atoms with Gasteiger partial charge in [-0.25, -0.2) is 8.42 Å². The standard InChI is InChI=1S/C11H18BrNO2S2/c1-3-5-13-10(4-6-17(2,14)15)11-7-9(12)8-16-11/h7-8,10,13H,3-6H2,1-2H3. The summed E-state index contributed by atoms with van der Waals surface area (Å²) in [5.41, 5.74) is 0. The van der Waals surface area contributed by atoms with Gasteiger partial charge in [0.1, 0.15) is 9.84 Å². The second-order valence-electron chi connectivity index (χ2n) is 4.09. The molecule has 0 bridgehead atoms. The normalized spacial score (nSPS) is 13.8. The van der Waals surface area contributed by atoms with Gasteiger partial charge < -0.3 is 5.32 Å². The van der Waals surface area contributed by atoms with Crippen LogP contribution in [0, 0.1) is 0 Å². The van der Waals surface area contributed by atoms with Crippen LogP contribution in [0.4, 0.5) is 0 Å². The molecule has 1 N–H and O–H groups in total. The minimum absolute atomic E-state index is 0.140. The lowest BCUT2D eigenvalue weighted by molar-refractivity contribution is 0.520. The van der Waals surface area contributed by atoms with Crippen molar-refractivity contribution < 1.29 is 8.42 Å². The summed E-state index contributed by atoms with van der Waals surface area (Å²) in [5, 5.41) is 5.42. The van der Waals surface area contributed by atoms with Crippen LogP contribution in [-0.2, 0) is 9.84 Å². The van der Waals surface area contributed by atoms with E-state index in [4.69, 9.17) is 0 Å². The highest BCUT2D eigenvalue weighted by Crippen LogP contribution is 2.27. The molecule has 0 aromatic carbocycles. The highest BCUT2D eigenvalue weighted by molar-refractivity contribution is 9.10. The first-order valence-corrected chi connectivity index (χ1v) is 9.30. The van der Waals surface area contributed by atoms with Crippen molar-refractivity contribution in [2.45, 2.75) is 25.8 Å². The fourth-order valence-electron chi connectivity index (χ4n) is 1.51. The van der Waals surface area contributed by atoms with E-state index in [1.165, 1.54) is 11.1 Å². The van der Waals surface area contributed by atoms with Crippen LogP contribution in [0.25, 0.3) is 0 Å². The molecule has 1 unspecified atom stereocenters. The van der Waals surface area contributed by atoms with Gasteiger partial charge in [0.15, 0.2) is 0 Å². The molecule has 0 fully saturated rings. The van der Waals surface area contributed by atoms with E-state index in [2.05, 4.69) is 34.2 Å². The van der Waals surface area contributed by atoms with Gasteiger partial charge in [-0.2, -0.15) is 0 Å². The number of thiophene rings is 1. The number of hydrogen-bond donors (Lipinski definition) is 1. The lowest BCUT2D eigenvalue weighted by Gasteiger charge is -2.16. The zero-order chi connectivity index (χ0) is 12.9. The summed E-state index contributed by atoms with van der Waals surface area (Å²) in [7, 11) is -2.89. The van der Waals surface area contributed by atoms with Gasteiger partial charge in [-0.3, -0.25) is 0 Å². The Bertz CT molecular complexity index is 442. The van der Waals surface area contributed by atoms with Crippen LogP contribution in [0.15, 0.2) is 15.9 Å². The predicted octanol–water partition coefficient (Wildman–Crippen LogP) is 2.99. The average molecular weight is 340 g/mol. The Kier molecular flexibility index (Phi) is 6.12. The fraction of sp³-hybridized carbons (Fsp3) is 0.636. The second kappa shape index (κ2) is 6.87. The van der Waals surface area contributed by atoms with E-state index < -0.39 is 9.84 Å². The van der Waals surface area contributed by atoms with Gasteiger partial charge in [-0.15, -0.1) is 11.3 Å². The molecule has 98 valence electrons. The first-order chi connectivity index (χ1) is 7.92. The lowest BCUT2D eigenvalue weighted by Crippen LogP contribution is -2.23.